The lowest BCUT2D eigenvalue weighted by atomic mass is 10.0. The number of nitrogens with zero attached hydrogens (tertiary/aromatic N) is 1. The van der Waals surface area contributed by atoms with Gasteiger partial charge in [-0.05, 0) is 31.5 Å². The summed E-state index contributed by atoms with van der Waals surface area (Å²) in [4.78, 5) is 24.6. The van der Waals surface area contributed by atoms with E-state index >= 15 is 0 Å². The van der Waals surface area contributed by atoms with E-state index in [0.29, 0.717) is 12.3 Å². The van der Waals surface area contributed by atoms with Crippen molar-refractivity contribution in [3.8, 4) is 0 Å². The van der Waals surface area contributed by atoms with Gasteiger partial charge < -0.3 is 14.8 Å². The van der Waals surface area contributed by atoms with Gasteiger partial charge in [0.1, 0.15) is 5.76 Å². The molecule has 0 aliphatic carbocycles. The van der Waals surface area contributed by atoms with Gasteiger partial charge in [-0.1, -0.05) is 6.42 Å². The number of piperidine rings is 1. The Kier molecular flexibility index (Phi) is 4.21. The van der Waals surface area contributed by atoms with Crippen molar-refractivity contribution in [3.63, 3.8) is 0 Å². The third-order valence-corrected chi connectivity index (χ3v) is 3.39. The lowest BCUT2D eigenvalue weighted by molar-refractivity contribution is -0.127. The van der Waals surface area contributed by atoms with E-state index in [2.05, 4.69) is 5.32 Å². The fourth-order valence-electron chi connectivity index (χ4n) is 2.42. The molecular formula is C13H18N2O4. The lowest BCUT2D eigenvalue weighted by Crippen LogP contribution is -2.48. The van der Waals surface area contributed by atoms with Crippen molar-refractivity contribution in [2.24, 2.45) is 0 Å². The molecule has 1 aromatic rings. The number of aromatic carboxylic acids is 1. The molecule has 1 aliphatic rings. The SMILES string of the molecule is CNC(=O)C1CCCCN1Cc1ccc(C(=O)O)o1. The van der Waals surface area contributed by atoms with E-state index in [1.54, 1.807) is 13.1 Å². The maximum absolute atomic E-state index is 11.8. The molecule has 0 spiro atoms. The first-order valence-electron chi connectivity index (χ1n) is 6.39. The Bertz CT molecular complexity index is 469. The van der Waals surface area contributed by atoms with E-state index < -0.39 is 5.97 Å². The van der Waals surface area contributed by atoms with Gasteiger partial charge >= 0.3 is 5.97 Å². The van der Waals surface area contributed by atoms with Gasteiger partial charge in [-0.3, -0.25) is 9.69 Å². The zero-order valence-corrected chi connectivity index (χ0v) is 10.9. The van der Waals surface area contributed by atoms with Gasteiger partial charge in [0.05, 0.1) is 12.6 Å². The first-order valence-corrected chi connectivity index (χ1v) is 6.39. The maximum Gasteiger partial charge on any atom is 0.371 e. The highest BCUT2D eigenvalue weighted by atomic mass is 16.4. The van der Waals surface area contributed by atoms with E-state index in [-0.39, 0.29) is 17.7 Å². The van der Waals surface area contributed by atoms with Crippen LogP contribution in [0.15, 0.2) is 16.5 Å². The van der Waals surface area contributed by atoms with Crippen molar-refractivity contribution in [1.82, 2.24) is 10.2 Å². The van der Waals surface area contributed by atoms with Crippen LogP contribution in [0, 0.1) is 0 Å². The number of likely N-dealkylation sites (N-methyl/N-ethyl adjacent to an activating group) is 1. The van der Waals surface area contributed by atoms with Gasteiger partial charge in [-0.15, -0.1) is 0 Å². The Morgan fingerprint density at radius 2 is 2.26 bits per heavy atom. The van der Waals surface area contributed by atoms with E-state index in [4.69, 9.17) is 9.52 Å². The van der Waals surface area contributed by atoms with Gasteiger partial charge in [-0.25, -0.2) is 4.79 Å². The van der Waals surface area contributed by atoms with Crippen LogP contribution in [0.3, 0.4) is 0 Å². The molecular weight excluding hydrogens is 248 g/mol. The van der Waals surface area contributed by atoms with E-state index in [1.165, 1.54) is 6.07 Å². The van der Waals surface area contributed by atoms with Gasteiger partial charge in [0.2, 0.25) is 11.7 Å². The number of likely N-dealkylation sites (tertiary alicyclic amines) is 1. The van der Waals surface area contributed by atoms with Crippen molar-refractivity contribution >= 4 is 11.9 Å². The van der Waals surface area contributed by atoms with Crippen molar-refractivity contribution in [2.45, 2.75) is 31.8 Å². The topological polar surface area (TPSA) is 82.8 Å². The molecule has 2 heterocycles. The average molecular weight is 266 g/mol. The van der Waals surface area contributed by atoms with Crippen LogP contribution < -0.4 is 5.32 Å². The molecule has 6 nitrogen and oxygen atoms in total. The Balaban J connectivity index is 2.06. The van der Waals surface area contributed by atoms with Gasteiger partial charge in [0.25, 0.3) is 0 Å². The molecule has 1 saturated heterocycles. The maximum atomic E-state index is 11.8. The second-order valence-corrected chi connectivity index (χ2v) is 4.67. The Morgan fingerprint density at radius 1 is 1.47 bits per heavy atom. The van der Waals surface area contributed by atoms with Crippen LogP contribution in [0.5, 0.6) is 0 Å². The van der Waals surface area contributed by atoms with Crippen LogP contribution in [-0.4, -0.2) is 41.5 Å². The molecule has 0 saturated carbocycles. The van der Waals surface area contributed by atoms with Crippen molar-refractivity contribution in [3.05, 3.63) is 23.7 Å². The number of carbonyl (C=O) groups is 2. The predicted molar refractivity (Wildman–Crippen MR) is 67.8 cm³/mol. The summed E-state index contributed by atoms with van der Waals surface area (Å²) in [6, 6.07) is 2.94. The Labute approximate surface area is 111 Å². The second-order valence-electron chi connectivity index (χ2n) is 4.67. The lowest BCUT2D eigenvalue weighted by Gasteiger charge is -2.33. The number of furan rings is 1. The fourth-order valence-corrected chi connectivity index (χ4v) is 2.42. The fraction of sp³-hybridized carbons (Fsp3) is 0.538. The molecule has 6 heteroatoms. The minimum atomic E-state index is -1.08. The summed E-state index contributed by atoms with van der Waals surface area (Å²) in [5, 5.41) is 11.5. The average Bonchev–Trinajstić information content (AvgIpc) is 2.87. The van der Waals surface area contributed by atoms with Crippen molar-refractivity contribution in [2.75, 3.05) is 13.6 Å². The number of carboxylic acids is 1. The van der Waals surface area contributed by atoms with Gasteiger partial charge in [0.15, 0.2) is 0 Å². The van der Waals surface area contributed by atoms with Crippen LogP contribution in [-0.2, 0) is 11.3 Å². The summed E-state index contributed by atoms with van der Waals surface area (Å²) in [7, 11) is 1.63. The number of hydrogen-bond acceptors (Lipinski definition) is 4. The molecule has 1 unspecified atom stereocenters. The number of hydrogen-bond donors (Lipinski definition) is 2. The number of carbonyl (C=O) groups excluding carboxylic acids is 1. The van der Waals surface area contributed by atoms with Gasteiger partial charge in [0, 0.05) is 7.05 Å². The van der Waals surface area contributed by atoms with Crippen LogP contribution >= 0.6 is 0 Å². The summed E-state index contributed by atoms with van der Waals surface area (Å²) in [5.74, 6) is -0.561. The molecule has 1 amide bonds. The standard InChI is InChI=1S/C13H18N2O4/c1-14-12(16)10-4-2-3-7-15(10)8-9-5-6-11(19-9)13(17)18/h5-6,10H,2-4,7-8H2,1H3,(H,14,16)(H,17,18). The number of amides is 1. The summed E-state index contributed by atoms with van der Waals surface area (Å²) in [5.41, 5.74) is 0. The molecule has 19 heavy (non-hydrogen) atoms. The van der Waals surface area contributed by atoms with E-state index in [9.17, 15) is 9.59 Å². The first kappa shape index (κ1) is 13.6. The first-order chi connectivity index (χ1) is 9.11. The second kappa shape index (κ2) is 5.88. The molecule has 1 aliphatic heterocycles. The van der Waals surface area contributed by atoms with E-state index in [1.807, 2.05) is 4.90 Å². The molecule has 1 fully saturated rings. The minimum Gasteiger partial charge on any atom is -0.475 e. The summed E-state index contributed by atoms with van der Waals surface area (Å²) < 4.78 is 5.24. The molecule has 0 aromatic carbocycles. The third kappa shape index (κ3) is 3.14. The van der Waals surface area contributed by atoms with Crippen molar-refractivity contribution < 1.29 is 19.1 Å². The number of rotatable bonds is 4. The Hall–Kier alpha value is -1.82. The predicted octanol–water partition coefficient (Wildman–Crippen LogP) is 1.08. The smallest absolute Gasteiger partial charge is 0.371 e. The minimum absolute atomic E-state index is 0.00436. The molecule has 2 N–H and O–H groups in total. The van der Waals surface area contributed by atoms with Crippen LogP contribution in [0.2, 0.25) is 0 Å². The number of nitrogens with one attached hydrogen (secondary N) is 1. The summed E-state index contributed by atoms with van der Waals surface area (Å²) in [6.07, 6.45) is 2.90. The van der Waals surface area contributed by atoms with Crippen LogP contribution in [0.1, 0.15) is 35.6 Å². The molecule has 0 radical (unpaired) electrons. The van der Waals surface area contributed by atoms with E-state index in [0.717, 1.165) is 25.8 Å². The molecule has 104 valence electrons. The highest BCUT2D eigenvalue weighted by Crippen LogP contribution is 2.20. The summed E-state index contributed by atoms with van der Waals surface area (Å²) in [6.45, 7) is 1.28. The zero-order valence-electron chi connectivity index (χ0n) is 10.9. The Morgan fingerprint density at radius 3 is 2.89 bits per heavy atom. The normalized spacial score (nSPS) is 20.2. The quantitative estimate of drug-likeness (QED) is 0.852. The zero-order chi connectivity index (χ0) is 13.8. The molecule has 1 aromatic heterocycles. The van der Waals surface area contributed by atoms with Gasteiger partial charge in [-0.2, -0.15) is 0 Å². The molecule has 2 rings (SSSR count). The number of carboxylic acid groups (broad SMARTS) is 1. The van der Waals surface area contributed by atoms with Crippen molar-refractivity contribution in [1.29, 1.82) is 0 Å². The highest BCUT2D eigenvalue weighted by Gasteiger charge is 2.28. The van der Waals surface area contributed by atoms with Crippen LogP contribution in [0.4, 0.5) is 0 Å². The third-order valence-electron chi connectivity index (χ3n) is 3.39. The molecule has 1 atom stereocenters. The monoisotopic (exact) mass is 266 g/mol. The molecule has 0 bridgehead atoms. The highest BCUT2D eigenvalue weighted by molar-refractivity contribution is 5.84. The summed E-state index contributed by atoms with van der Waals surface area (Å²) >= 11 is 0. The largest absolute Gasteiger partial charge is 0.475 e. The van der Waals surface area contributed by atoms with Crippen LogP contribution in [0.25, 0.3) is 0 Å².